The van der Waals surface area contributed by atoms with Gasteiger partial charge in [-0.2, -0.15) is 13.2 Å². The van der Waals surface area contributed by atoms with Crippen molar-refractivity contribution in [3.63, 3.8) is 0 Å². The molecule has 1 unspecified atom stereocenters. The van der Waals surface area contributed by atoms with E-state index in [-0.39, 0.29) is 17.7 Å². The van der Waals surface area contributed by atoms with Gasteiger partial charge >= 0.3 is 18.1 Å². The van der Waals surface area contributed by atoms with E-state index in [9.17, 15) is 22.8 Å². The molecule has 6 nitrogen and oxygen atoms in total. The van der Waals surface area contributed by atoms with Crippen molar-refractivity contribution in [2.45, 2.75) is 103 Å². The Balaban J connectivity index is 1.47. The summed E-state index contributed by atoms with van der Waals surface area (Å²) in [6.07, 6.45) is 2.03. The predicted octanol–water partition coefficient (Wildman–Crippen LogP) is 8.99. The normalized spacial score (nSPS) is 17.9. The minimum absolute atomic E-state index is 0.0589. The van der Waals surface area contributed by atoms with Crippen molar-refractivity contribution in [3.8, 4) is 5.75 Å². The molecule has 2 aromatic carbocycles. The first-order valence-electron chi connectivity index (χ1n) is 15.1. The van der Waals surface area contributed by atoms with Gasteiger partial charge in [-0.15, -0.1) is 0 Å². The van der Waals surface area contributed by atoms with Gasteiger partial charge in [0.1, 0.15) is 5.75 Å². The summed E-state index contributed by atoms with van der Waals surface area (Å²) in [6.45, 7) is 5.52. The van der Waals surface area contributed by atoms with E-state index < -0.39 is 30.5 Å². The Morgan fingerprint density at radius 1 is 0.786 bits per heavy atom. The Morgan fingerprint density at radius 3 is 1.95 bits per heavy atom. The molecule has 1 atom stereocenters. The van der Waals surface area contributed by atoms with Crippen molar-refractivity contribution < 1.29 is 41.7 Å². The molecule has 232 valence electrons. The summed E-state index contributed by atoms with van der Waals surface area (Å²) in [7, 11) is 0. The van der Waals surface area contributed by atoms with E-state index in [1.165, 1.54) is 43.5 Å². The van der Waals surface area contributed by atoms with Gasteiger partial charge in [0.25, 0.3) is 0 Å². The number of halogens is 3. The lowest BCUT2D eigenvalue weighted by atomic mass is 10.0. The second-order valence-corrected chi connectivity index (χ2v) is 10.9. The number of hydrogen-bond donors (Lipinski definition) is 0. The van der Waals surface area contributed by atoms with Crippen LogP contribution in [0.1, 0.15) is 117 Å². The maximum Gasteiger partial charge on any atom is 0.425 e. The van der Waals surface area contributed by atoms with Gasteiger partial charge in [-0.05, 0) is 55.7 Å². The molecular weight excluding hydrogens is 549 g/mol. The highest BCUT2D eigenvalue weighted by Crippen LogP contribution is 2.29. The number of esters is 2. The smallest absolute Gasteiger partial charge is 0.425 e. The second-order valence-electron chi connectivity index (χ2n) is 10.9. The molecule has 1 heterocycles. The van der Waals surface area contributed by atoms with Crippen LogP contribution in [0.4, 0.5) is 13.2 Å². The third kappa shape index (κ3) is 11.1. The van der Waals surface area contributed by atoms with Gasteiger partial charge in [-0.1, -0.05) is 77.3 Å². The fourth-order valence-corrected chi connectivity index (χ4v) is 4.78. The fourth-order valence-electron chi connectivity index (χ4n) is 4.78. The van der Waals surface area contributed by atoms with Crippen molar-refractivity contribution in [1.82, 2.24) is 0 Å². The van der Waals surface area contributed by atoms with E-state index in [1.807, 2.05) is 0 Å². The summed E-state index contributed by atoms with van der Waals surface area (Å²) in [5, 5.41) is 0. The monoisotopic (exact) mass is 592 g/mol. The molecule has 0 radical (unpaired) electrons. The van der Waals surface area contributed by atoms with Crippen molar-refractivity contribution in [2.24, 2.45) is 5.92 Å². The van der Waals surface area contributed by atoms with Gasteiger partial charge in [0, 0.05) is 11.5 Å². The molecule has 9 heteroatoms. The average Bonchev–Trinajstić information content (AvgIpc) is 2.98. The van der Waals surface area contributed by atoms with Crippen molar-refractivity contribution in [1.29, 1.82) is 0 Å². The quantitative estimate of drug-likeness (QED) is 0.110. The lowest BCUT2D eigenvalue weighted by Crippen LogP contribution is -2.33. The first-order valence-corrected chi connectivity index (χ1v) is 15.1. The molecule has 1 aliphatic rings. The van der Waals surface area contributed by atoms with Gasteiger partial charge in [-0.3, -0.25) is 0 Å². The number of benzene rings is 2. The number of carbonyl (C=O) groups is 2. The zero-order chi connectivity index (χ0) is 30.4. The van der Waals surface area contributed by atoms with Crippen molar-refractivity contribution >= 4 is 11.9 Å². The molecule has 0 aromatic heterocycles. The van der Waals surface area contributed by atoms with Crippen molar-refractivity contribution in [2.75, 3.05) is 13.2 Å². The van der Waals surface area contributed by atoms with Gasteiger partial charge in [0.05, 0.1) is 24.3 Å². The number of ether oxygens (including phenoxy) is 4. The zero-order valence-electron chi connectivity index (χ0n) is 24.6. The van der Waals surface area contributed by atoms with Gasteiger partial charge in [0.15, 0.2) is 12.4 Å². The van der Waals surface area contributed by atoms with E-state index in [4.69, 9.17) is 18.9 Å². The number of hydrogen-bond acceptors (Lipinski definition) is 6. The second kappa shape index (κ2) is 17.3. The first kappa shape index (κ1) is 33.6. The Labute approximate surface area is 246 Å². The average molecular weight is 593 g/mol. The Kier molecular flexibility index (Phi) is 13.8. The Hall–Kier alpha value is -2.91. The molecule has 3 rings (SSSR count). The Bertz CT molecular complexity index is 1080. The topological polar surface area (TPSA) is 71.1 Å². The molecule has 1 fully saturated rings. The molecule has 0 bridgehead atoms. The van der Waals surface area contributed by atoms with Crippen LogP contribution in [-0.2, 0) is 14.2 Å². The predicted molar refractivity (Wildman–Crippen MR) is 153 cm³/mol. The zero-order valence-corrected chi connectivity index (χ0v) is 24.6. The van der Waals surface area contributed by atoms with Crippen LogP contribution in [-0.4, -0.2) is 37.4 Å². The molecule has 2 aromatic rings. The van der Waals surface area contributed by atoms with E-state index in [1.54, 1.807) is 24.3 Å². The summed E-state index contributed by atoms with van der Waals surface area (Å²) in [6, 6.07) is 12.0. The molecule has 0 spiro atoms. The van der Waals surface area contributed by atoms with Crippen LogP contribution in [0, 0.1) is 5.92 Å². The fraction of sp³-hybridized carbons (Fsp3) is 0.576. The van der Waals surface area contributed by atoms with E-state index >= 15 is 0 Å². The van der Waals surface area contributed by atoms with Crippen LogP contribution in [0.5, 0.6) is 5.75 Å². The number of rotatable bonds is 16. The Morgan fingerprint density at radius 2 is 1.33 bits per heavy atom. The third-order valence-corrected chi connectivity index (χ3v) is 7.34. The SMILES string of the molecule is CCCCCCCCC(OC(=O)c1ccc(OC(=O)c2ccc(C3OCC(CCCCC)CO3)cc2)cc1)C(F)(F)F. The van der Waals surface area contributed by atoms with E-state index in [2.05, 4.69) is 13.8 Å². The number of alkyl halides is 3. The molecule has 1 saturated heterocycles. The van der Waals surface area contributed by atoms with E-state index in [0.717, 1.165) is 37.7 Å². The number of carbonyl (C=O) groups excluding carboxylic acids is 2. The van der Waals surface area contributed by atoms with Crippen LogP contribution >= 0.6 is 0 Å². The molecule has 42 heavy (non-hydrogen) atoms. The van der Waals surface area contributed by atoms with Crippen molar-refractivity contribution in [3.05, 3.63) is 65.2 Å². The summed E-state index contributed by atoms with van der Waals surface area (Å²) >= 11 is 0. The van der Waals surface area contributed by atoms with Crippen LogP contribution in [0.3, 0.4) is 0 Å². The number of unbranched alkanes of at least 4 members (excludes halogenated alkanes) is 7. The minimum atomic E-state index is -4.64. The molecule has 0 N–H and O–H groups in total. The van der Waals surface area contributed by atoms with Crippen LogP contribution in [0.25, 0.3) is 0 Å². The third-order valence-electron chi connectivity index (χ3n) is 7.34. The maximum absolute atomic E-state index is 13.4. The molecule has 0 aliphatic carbocycles. The molecular formula is C33H43F3O6. The minimum Gasteiger partial charge on any atom is -0.449 e. The maximum atomic E-state index is 13.4. The lowest BCUT2D eigenvalue weighted by Gasteiger charge is -2.29. The van der Waals surface area contributed by atoms with Crippen LogP contribution < -0.4 is 4.74 Å². The molecule has 0 saturated carbocycles. The standard InChI is InChI=1S/C33H43F3O6/c1-3-5-7-8-9-11-13-29(33(34,35)36)42-31(38)26-18-20-28(21-19-26)41-30(37)25-14-16-27(17-15-25)32-39-22-24(23-40-32)12-10-6-4-2/h14-21,24,29,32H,3-13,22-23H2,1-2H3. The highest BCUT2D eigenvalue weighted by molar-refractivity contribution is 5.92. The van der Waals surface area contributed by atoms with Crippen LogP contribution in [0.15, 0.2) is 48.5 Å². The van der Waals surface area contributed by atoms with Gasteiger partial charge in [0.2, 0.25) is 0 Å². The van der Waals surface area contributed by atoms with Gasteiger partial charge < -0.3 is 18.9 Å². The van der Waals surface area contributed by atoms with Crippen LogP contribution in [0.2, 0.25) is 0 Å². The molecule has 0 amide bonds. The highest BCUT2D eigenvalue weighted by Gasteiger charge is 2.42. The summed E-state index contributed by atoms with van der Waals surface area (Å²) in [4.78, 5) is 25.0. The van der Waals surface area contributed by atoms with E-state index in [0.29, 0.717) is 37.5 Å². The summed E-state index contributed by atoms with van der Waals surface area (Å²) in [5.74, 6) is -1.15. The summed E-state index contributed by atoms with van der Waals surface area (Å²) in [5.41, 5.74) is 1.05. The first-order chi connectivity index (χ1) is 20.2. The van der Waals surface area contributed by atoms with Gasteiger partial charge in [-0.25, -0.2) is 9.59 Å². The lowest BCUT2D eigenvalue weighted by molar-refractivity contribution is -0.206. The largest absolute Gasteiger partial charge is 0.449 e. The molecule has 1 aliphatic heterocycles. The summed E-state index contributed by atoms with van der Waals surface area (Å²) < 4.78 is 62.3. The highest BCUT2D eigenvalue weighted by atomic mass is 19.4.